The van der Waals surface area contributed by atoms with E-state index in [-0.39, 0.29) is 13.0 Å². The van der Waals surface area contributed by atoms with Crippen LogP contribution in [0.3, 0.4) is 0 Å². The molecule has 0 aliphatic rings. The lowest BCUT2D eigenvalue weighted by Gasteiger charge is -2.20. The largest absolute Gasteiger partial charge is 0.480 e. The van der Waals surface area contributed by atoms with Gasteiger partial charge in [0.2, 0.25) is 0 Å². The Kier molecular flexibility index (Phi) is 48.7. The number of carboxylic acids is 1. The molecular formula is C54H102NO9P. The van der Waals surface area contributed by atoms with Crippen molar-refractivity contribution in [3.8, 4) is 0 Å². The highest BCUT2D eigenvalue weighted by atomic mass is 31.2. The molecule has 0 aliphatic carbocycles. The molecule has 0 amide bonds. The molecule has 0 bridgehead atoms. The maximum Gasteiger partial charge on any atom is 0.472 e. The molecule has 0 saturated carbocycles. The SMILES string of the molecule is CCCCCCC/C=C\C/C=C\CCCCCCCCCCCCCC(=O)OC(COCCCCCCCCCCCC/C=C\CCCCCCCC)COP(=O)(O)OCC(N)C(=O)O. The number of carbonyl (C=O) groups is 2. The van der Waals surface area contributed by atoms with Crippen LogP contribution in [-0.4, -0.2) is 60.5 Å². The Balaban J connectivity index is 4.10. The van der Waals surface area contributed by atoms with E-state index in [4.69, 9.17) is 29.4 Å². The summed E-state index contributed by atoms with van der Waals surface area (Å²) in [7, 11) is -4.62. The Bertz CT molecular complexity index is 1180. The molecule has 10 nitrogen and oxygen atoms in total. The van der Waals surface area contributed by atoms with Crippen molar-refractivity contribution in [3.63, 3.8) is 0 Å². The second kappa shape index (κ2) is 50.1. The van der Waals surface area contributed by atoms with Gasteiger partial charge in [0.15, 0.2) is 0 Å². The molecule has 4 N–H and O–H groups in total. The number of carboxylic acid groups (broad SMARTS) is 1. The van der Waals surface area contributed by atoms with Crippen molar-refractivity contribution >= 4 is 19.8 Å². The fourth-order valence-corrected chi connectivity index (χ4v) is 8.47. The number of phosphoric acid groups is 1. The lowest BCUT2D eigenvalue weighted by molar-refractivity contribution is -0.154. The average molecular weight is 940 g/mol. The molecule has 0 aliphatic heterocycles. The van der Waals surface area contributed by atoms with Crippen LogP contribution >= 0.6 is 7.82 Å². The molecule has 0 rings (SSSR count). The summed E-state index contributed by atoms with van der Waals surface area (Å²) in [5.74, 6) is -1.77. The predicted molar refractivity (Wildman–Crippen MR) is 272 cm³/mol. The fraction of sp³-hybridized carbons (Fsp3) is 0.852. The van der Waals surface area contributed by atoms with Gasteiger partial charge in [0, 0.05) is 13.0 Å². The third-order valence-corrected chi connectivity index (χ3v) is 12.8. The lowest BCUT2D eigenvalue weighted by Crippen LogP contribution is -2.34. The molecule has 0 heterocycles. The molecule has 382 valence electrons. The first kappa shape index (κ1) is 63.2. The standard InChI is InChI=1S/C54H102NO9P/c1-3-5-7-9-11-13-15-17-19-21-23-25-26-27-28-30-32-34-36-38-40-42-44-46-53(56)64-51(49-62-65(59,60)63-50-52(55)54(57)58)48-61-47-45-43-41-39-37-35-33-31-29-24-22-20-18-16-14-12-10-8-6-4-2/h15,17-18,20-21,23,51-52H,3-14,16,19,22,24-50,55H2,1-2H3,(H,57,58)(H,59,60)/b17-15-,20-18-,23-21-. The number of carbonyl (C=O) groups excluding carboxylic acids is 1. The molecule has 0 fully saturated rings. The van der Waals surface area contributed by atoms with Crippen molar-refractivity contribution in [2.45, 2.75) is 270 Å². The van der Waals surface area contributed by atoms with Crippen LogP contribution in [0.25, 0.3) is 0 Å². The summed E-state index contributed by atoms with van der Waals surface area (Å²) in [6, 6.07) is -1.47. The van der Waals surface area contributed by atoms with Crippen LogP contribution < -0.4 is 5.73 Å². The Morgan fingerprint density at radius 3 is 1.26 bits per heavy atom. The number of ether oxygens (including phenoxy) is 2. The van der Waals surface area contributed by atoms with Gasteiger partial charge in [-0.15, -0.1) is 0 Å². The second-order valence-electron chi connectivity index (χ2n) is 18.4. The Morgan fingerprint density at radius 2 is 0.846 bits per heavy atom. The average Bonchev–Trinajstić information content (AvgIpc) is 3.29. The smallest absolute Gasteiger partial charge is 0.472 e. The van der Waals surface area contributed by atoms with Crippen LogP contribution in [0.5, 0.6) is 0 Å². The van der Waals surface area contributed by atoms with Gasteiger partial charge in [0.25, 0.3) is 0 Å². The van der Waals surface area contributed by atoms with E-state index in [2.05, 4.69) is 50.3 Å². The van der Waals surface area contributed by atoms with Crippen molar-refractivity contribution in [1.29, 1.82) is 0 Å². The minimum absolute atomic E-state index is 0.0174. The van der Waals surface area contributed by atoms with Gasteiger partial charge in [-0.1, -0.05) is 217 Å². The molecular weight excluding hydrogens is 838 g/mol. The van der Waals surface area contributed by atoms with Crippen LogP contribution in [0.1, 0.15) is 258 Å². The van der Waals surface area contributed by atoms with Gasteiger partial charge in [-0.05, 0) is 70.6 Å². The predicted octanol–water partition coefficient (Wildman–Crippen LogP) is 16.0. The van der Waals surface area contributed by atoms with E-state index in [0.717, 1.165) is 44.9 Å². The molecule has 3 unspecified atom stereocenters. The number of hydrogen-bond acceptors (Lipinski definition) is 8. The lowest BCUT2D eigenvalue weighted by atomic mass is 10.0. The molecule has 0 aromatic carbocycles. The van der Waals surface area contributed by atoms with Gasteiger partial charge in [-0.3, -0.25) is 18.6 Å². The third-order valence-electron chi connectivity index (χ3n) is 11.9. The van der Waals surface area contributed by atoms with E-state index < -0.39 is 45.1 Å². The Morgan fingerprint density at radius 1 is 0.492 bits per heavy atom. The zero-order valence-electron chi connectivity index (χ0n) is 42.1. The highest BCUT2D eigenvalue weighted by Gasteiger charge is 2.27. The number of phosphoric ester groups is 1. The van der Waals surface area contributed by atoms with Gasteiger partial charge < -0.3 is 25.2 Å². The first-order chi connectivity index (χ1) is 31.7. The number of nitrogens with two attached hydrogens (primary N) is 1. The number of hydrogen-bond donors (Lipinski definition) is 3. The van der Waals surface area contributed by atoms with Crippen LogP contribution in [0.15, 0.2) is 36.5 Å². The van der Waals surface area contributed by atoms with E-state index in [0.29, 0.717) is 13.0 Å². The summed E-state index contributed by atoms with van der Waals surface area (Å²) in [5.41, 5.74) is 5.38. The molecule has 3 atom stereocenters. The van der Waals surface area contributed by atoms with Gasteiger partial charge in [-0.2, -0.15) is 0 Å². The van der Waals surface area contributed by atoms with Gasteiger partial charge >= 0.3 is 19.8 Å². The van der Waals surface area contributed by atoms with E-state index in [9.17, 15) is 19.0 Å². The molecule has 0 radical (unpaired) electrons. The first-order valence-corrected chi connectivity index (χ1v) is 28.5. The summed E-state index contributed by atoms with van der Waals surface area (Å²) >= 11 is 0. The molecule has 11 heteroatoms. The summed E-state index contributed by atoms with van der Waals surface area (Å²) in [5, 5.41) is 8.94. The van der Waals surface area contributed by atoms with E-state index in [1.807, 2.05) is 0 Å². The van der Waals surface area contributed by atoms with Crippen LogP contribution in [0.4, 0.5) is 0 Å². The topological polar surface area (TPSA) is 155 Å². The third kappa shape index (κ3) is 49.9. The number of allylic oxidation sites excluding steroid dienone is 6. The quantitative estimate of drug-likeness (QED) is 0.0232. The van der Waals surface area contributed by atoms with Crippen molar-refractivity contribution in [2.24, 2.45) is 5.73 Å². The van der Waals surface area contributed by atoms with Crippen LogP contribution in [0.2, 0.25) is 0 Å². The monoisotopic (exact) mass is 940 g/mol. The van der Waals surface area contributed by atoms with Crippen molar-refractivity contribution < 1.29 is 42.7 Å². The van der Waals surface area contributed by atoms with Gasteiger partial charge in [0.1, 0.15) is 12.1 Å². The first-order valence-electron chi connectivity index (χ1n) is 27.0. The van der Waals surface area contributed by atoms with E-state index in [1.165, 1.54) is 186 Å². The number of unbranched alkanes of at least 4 members (excludes halogenated alkanes) is 32. The van der Waals surface area contributed by atoms with Crippen LogP contribution in [-0.2, 0) is 32.7 Å². The molecule has 65 heavy (non-hydrogen) atoms. The zero-order valence-corrected chi connectivity index (χ0v) is 43.0. The second-order valence-corrected chi connectivity index (χ2v) is 19.8. The fourth-order valence-electron chi connectivity index (χ4n) is 7.69. The van der Waals surface area contributed by atoms with E-state index in [1.54, 1.807) is 0 Å². The molecule has 0 saturated heterocycles. The van der Waals surface area contributed by atoms with Crippen molar-refractivity contribution in [3.05, 3.63) is 36.5 Å². The minimum Gasteiger partial charge on any atom is -0.480 e. The number of aliphatic carboxylic acids is 1. The van der Waals surface area contributed by atoms with Gasteiger partial charge in [0.05, 0.1) is 19.8 Å². The normalized spacial score (nSPS) is 13.9. The van der Waals surface area contributed by atoms with Crippen molar-refractivity contribution in [1.82, 2.24) is 0 Å². The van der Waals surface area contributed by atoms with Crippen molar-refractivity contribution in [2.75, 3.05) is 26.4 Å². The highest BCUT2D eigenvalue weighted by Crippen LogP contribution is 2.43. The molecule has 0 spiro atoms. The van der Waals surface area contributed by atoms with E-state index >= 15 is 0 Å². The summed E-state index contributed by atoms with van der Waals surface area (Å²) in [4.78, 5) is 33.7. The summed E-state index contributed by atoms with van der Waals surface area (Å²) < 4.78 is 33.6. The van der Waals surface area contributed by atoms with Crippen LogP contribution in [0, 0.1) is 0 Å². The van der Waals surface area contributed by atoms with Gasteiger partial charge in [-0.25, -0.2) is 4.57 Å². The summed E-state index contributed by atoms with van der Waals surface area (Å²) in [6.45, 7) is 3.91. The Hall–Kier alpha value is -1.81. The zero-order chi connectivity index (χ0) is 47.6. The maximum absolute atomic E-state index is 12.7. The number of rotatable bonds is 52. The molecule has 0 aromatic heterocycles. The highest BCUT2D eigenvalue weighted by molar-refractivity contribution is 7.47. The minimum atomic E-state index is -4.62. The number of esters is 1. The summed E-state index contributed by atoms with van der Waals surface area (Å²) in [6.07, 6.45) is 59.1. The maximum atomic E-state index is 12.7. The Labute approximate surface area is 399 Å². The molecule has 0 aromatic rings.